The second kappa shape index (κ2) is 5.47. The minimum Gasteiger partial charge on any atom is -0.444 e. The first-order chi connectivity index (χ1) is 8.46. The summed E-state index contributed by atoms with van der Waals surface area (Å²) in [6.07, 6.45) is 4.73. The van der Waals surface area contributed by atoms with Crippen molar-refractivity contribution in [3.8, 4) is 0 Å². The third-order valence-electron chi connectivity index (χ3n) is 3.99. The molecule has 0 aromatic heterocycles. The van der Waals surface area contributed by atoms with E-state index in [-0.39, 0.29) is 12.1 Å². The summed E-state index contributed by atoms with van der Waals surface area (Å²) < 4.78 is 5.35. The molecule has 0 radical (unpaired) electrons. The highest BCUT2D eigenvalue weighted by atomic mass is 16.6. The SMILES string of the molecule is CC(C)(C)OC(=O)NC1CCNCC1C1CCC1. The molecule has 0 bridgehead atoms. The highest BCUT2D eigenvalue weighted by Crippen LogP contribution is 2.36. The van der Waals surface area contributed by atoms with Crippen molar-refractivity contribution in [2.75, 3.05) is 13.1 Å². The van der Waals surface area contributed by atoms with E-state index in [2.05, 4.69) is 10.6 Å². The summed E-state index contributed by atoms with van der Waals surface area (Å²) >= 11 is 0. The first kappa shape index (κ1) is 13.7. The predicted molar refractivity (Wildman–Crippen MR) is 71.5 cm³/mol. The van der Waals surface area contributed by atoms with Crippen LogP contribution in [0.25, 0.3) is 0 Å². The van der Waals surface area contributed by atoms with Gasteiger partial charge in [-0.2, -0.15) is 0 Å². The Morgan fingerprint density at radius 3 is 2.56 bits per heavy atom. The quantitative estimate of drug-likeness (QED) is 0.795. The summed E-state index contributed by atoms with van der Waals surface area (Å²) in [6, 6.07) is 0.284. The minimum absolute atomic E-state index is 0.265. The minimum atomic E-state index is -0.414. The van der Waals surface area contributed by atoms with E-state index in [4.69, 9.17) is 4.74 Å². The van der Waals surface area contributed by atoms with Crippen molar-refractivity contribution in [3.05, 3.63) is 0 Å². The molecule has 0 spiro atoms. The van der Waals surface area contributed by atoms with Gasteiger partial charge in [-0.3, -0.25) is 0 Å². The van der Waals surface area contributed by atoms with Gasteiger partial charge >= 0.3 is 6.09 Å². The van der Waals surface area contributed by atoms with E-state index in [9.17, 15) is 4.79 Å². The maximum absolute atomic E-state index is 11.8. The van der Waals surface area contributed by atoms with Gasteiger partial charge in [-0.1, -0.05) is 19.3 Å². The number of ether oxygens (including phenoxy) is 1. The van der Waals surface area contributed by atoms with Gasteiger partial charge in [0.25, 0.3) is 0 Å². The van der Waals surface area contributed by atoms with E-state index >= 15 is 0 Å². The lowest BCUT2D eigenvalue weighted by molar-refractivity contribution is 0.0429. The van der Waals surface area contributed by atoms with E-state index in [1.54, 1.807) is 0 Å². The van der Waals surface area contributed by atoms with Crippen LogP contribution in [0, 0.1) is 11.8 Å². The zero-order chi connectivity index (χ0) is 13.2. The smallest absolute Gasteiger partial charge is 0.407 e. The highest BCUT2D eigenvalue weighted by molar-refractivity contribution is 5.68. The third-order valence-corrected chi connectivity index (χ3v) is 3.99. The molecule has 2 atom stereocenters. The molecule has 0 aromatic rings. The van der Waals surface area contributed by atoms with Crippen LogP contribution < -0.4 is 10.6 Å². The Morgan fingerprint density at radius 2 is 2.00 bits per heavy atom. The molecule has 1 amide bonds. The lowest BCUT2D eigenvalue weighted by atomic mass is 9.71. The first-order valence-electron chi connectivity index (χ1n) is 7.16. The summed E-state index contributed by atoms with van der Waals surface area (Å²) in [5.41, 5.74) is -0.414. The molecule has 2 unspecified atom stereocenters. The van der Waals surface area contributed by atoms with E-state index < -0.39 is 5.60 Å². The molecule has 1 aliphatic carbocycles. The molecular weight excluding hydrogens is 228 g/mol. The third kappa shape index (κ3) is 3.61. The topological polar surface area (TPSA) is 50.4 Å². The molecule has 104 valence electrons. The Kier molecular flexibility index (Phi) is 4.15. The fourth-order valence-corrected chi connectivity index (χ4v) is 2.88. The number of piperidine rings is 1. The van der Waals surface area contributed by atoms with E-state index in [0.29, 0.717) is 5.92 Å². The van der Waals surface area contributed by atoms with Crippen molar-refractivity contribution in [1.82, 2.24) is 10.6 Å². The van der Waals surface area contributed by atoms with Crippen LogP contribution in [0.5, 0.6) is 0 Å². The van der Waals surface area contributed by atoms with Crippen molar-refractivity contribution < 1.29 is 9.53 Å². The summed E-state index contributed by atoms with van der Waals surface area (Å²) in [6.45, 7) is 7.73. The molecule has 1 aliphatic heterocycles. The van der Waals surface area contributed by atoms with Crippen LogP contribution in [0.2, 0.25) is 0 Å². The number of alkyl carbamates (subject to hydrolysis) is 1. The fraction of sp³-hybridized carbons (Fsp3) is 0.929. The summed E-state index contributed by atoms with van der Waals surface area (Å²) in [7, 11) is 0. The van der Waals surface area contributed by atoms with E-state index in [1.165, 1.54) is 19.3 Å². The van der Waals surface area contributed by atoms with Crippen molar-refractivity contribution in [2.45, 2.75) is 58.1 Å². The maximum atomic E-state index is 11.8. The number of carbonyl (C=O) groups is 1. The van der Waals surface area contributed by atoms with Gasteiger partial charge in [0.05, 0.1) is 0 Å². The summed E-state index contributed by atoms with van der Waals surface area (Å²) in [5.74, 6) is 1.37. The molecular formula is C14H26N2O2. The highest BCUT2D eigenvalue weighted by Gasteiger charge is 2.36. The second-order valence-electron chi connectivity index (χ2n) is 6.60. The molecule has 1 saturated carbocycles. The van der Waals surface area contributed by atoms with Gasteiger partial charge in [0.15, 0.2) is 0 Å². The standard InChI is InChI=1S/C14H26N2O2/c1-14(2,3)18-13(17)16-12-7-8-15-9-11(12)10-5-4-6-10/h10-12,15H,4-9H2,1-3H3,(H,16,17). The number of nitrogens with one attached hydrogen (secondary N) is 2. The molecule has 0 aromatic carbocycles. The fourth-order valence-electron chi connectivity index (χ4n) is 2.88. The molecule has 2 rings (SSSR count). The average molecular weight is 254 g/mol. The van der Waals surface area contributed by atoms with Crippen molar-refractivity contribution >= 4 is 6.09 Å². The lowest BCUT2D eigenvalue weighted by Crippen LogP contribution is -2.53. The molecule has 1 heterocycles. The number of amides is 1. The molecule has 2 N–H and O–H groups in total. The Balaban J connectivity index is 1.87. The van der Waals surface area contributed by atoms with Gasteiger partial charge in [-0.05, 0) is 45.6 Å². The summed E-state index contributed by atoms with van der Waals surface area (Å²) in [4.78, 5) is 11.8. The average Bonchev–Trinajstić information content (AvgIpc) is 2.15. The molecule has 1 saturated heterocycles. The van der Waals surface area contributed by atoms with Crippen molar-refractivity contribution in [2.24, 2.45) is 11.8 Å². The van der Waals surface area contributed by atoms with Gasteiger partial charge in [0.2, 0.25) is 0 Å². The van der Waals surface area contributed by atoms with Gasteiger partial charge in [0.1, 0.15) is 5.60 Å². The van der Waals surface area contributed by atoms with Crippen LogP contribution in [0.4, 0.5) is 4.79 Å². The van der Waals surface area contributed by atoms with E-state index in [1.807, 2.05) is 20.8 Å². The van der Waals surface area contributed by atoms with Crippen LogP contribution in [0.3, 0.4) is 0 Å². The Bertz CT molecular complexity index is 295. The Labute approximate surface area is 110 Å². The Hall–Kier alpha value is -0.770. The lowest BCUT2D eigenvalue weighted by Gasteiger charge is -2.42. The normalized spacial score (nSPS) is 29.5. The van der Waals surface area contributed by atoms with Crippen LogP contribution >= 0.6 is 0 Å². The van der Waals surface area contributed by atoms with Crippen LogP contribution in [0.15, 0.2) is 0 Å². The van der Waals surface area contributed by atoms with Gasteiger partial charge in [-0.15, -0.1) is 0 Å². The zero-order valence-electron chi connectivity index (χ0n) is 11.8. The second-order valence-corrected chi connectivity index (χ2v) is 6.60. The number of rotatable bonds is 2. The predicted octanol–water partition coefficient (Wildman–Crippen LogP) is 2.29. The molecule has 4 heteroatoms. The van der Waals surface area contributed by atoms with Crippen molar-refractivity contribution in [1.29, 1.82) is 0 Å². The largest absolute Gasteiger partial charge is 0.444 e. The number of hydrogen-bond acceptors (Lipinski definition) is 3. The molecule has 18 heavy (non-hydrogen) atoms. The molecule has 2 aliphatic rings. The van der Waals surface area contributed by atoms with Crippen LogP contribution in [0.1, 0.15) is 46.5 Å². The molecule has 2 fully saturated rings. The van der Waals surface area contributed by atoms with Crippen molar-refractivity contribution in [3.63, 3.8) is 0 Å². The number of carbonyl (C=O) groups excluding carboxylic acids is 1. The van der Waals surface area contributed by atoms with E-state index in [0.717, 1.165) is 25.4 Å². The Morgan fingerprint density at radius 1 is 1.28 bits per heavy atom. The van der Waals surface area contributed by atoms with Crippen LogP contribution in [-0.4, -0.2) is 30.8 Å². The molecule has 4 nitrogen and oxygen atoms in total. The monoisotopic (exact) mass is 254 g/mol. The van der Waals surface area contributed by atoms with Crippen LogP contribution in [-0.2, 0) is 4.74 Å². The zero-order valence-corrected chi connectivity index (χ0v) is 11.8. The van der Waals surface area contributed by atoms with Gasteiger partial charge in [0, 0.05) is 12.6 Å². The van der Waals surface area contributed by atoms with Gasteiger partial charge < -0.3 is 15.4 Å². The maximum Gasteiger partial charge on any atom is 0.407 e. The summed E-state index contributed by atoms with van der Waals surface area (Å²) in [5, 5.41) is 6.52. The first-order valence-corrected chi connectivity index (χ1v) is 7.16. The number of hydrogen-bond donors (Lipinski definition) is 2. The van der Waals surface area contributed by atoms with Gasteiger partial charge in [-0.25, -0.2) is 4.79 Å².